The van der Waals surface area contributed by atoms with Gasteiger partial charge in [-0.25, -0.2) is 17.9 Å². The van der Waals surface area contributed by atoms with Crippen LogP contribution in [0.2, 0.25) is 5.02 Å². The van der Waals surface area contributed by atoms with Crippen LogP contribution < -0.4 is 4.72 Å². The number of hydrogen-bond donors (Lipinski definition) is 3. The maximum atomic E-state index is 12.0. The highest BCUT2D eigenvalue weighted by Crippen LogP contribution is 2.23. The van der Waals surface area contributed by atoms with E-state index >= 15 is 0 Å². The fourth-order valence-electron chi connectivity index (χ4n) is 1.42. The Bertz CT molecular complexity index is 572. The first-order valence-electron chi connectivity index (χ1n) is 5.44. The zero-order chi connectivity index (χ0) is 14.6. The summed E-state index contributed by atoms with van der Waals surface area (Å²) < 4.78 is 26.4. The van der Waals surface area contributed by atoms with Crippen molar-refractivity contribution in [1.29, 1.82) is 0 Å². The van der Waals surface area contributed by atoms with E-state index in [0.717, 1.165) is 6.07 Å². The molecule has 6 nitrogen and oxygen atoms in total. The van der Waals surface area contributed by atoms with Gasteiger partial charge >= 0.3 is 5.97 Å². The van der Waals surface area contributed by atoms with Crippen LogP contribution in [-0.4, -0.2) is 37.2 Å². The fraction of sp³-hybridized carbons (Fsp3) is 0.364. The number of halogens is 1. The SMILES string of the molecule is CC(CCO)NS(=O)(=O)c1cc(C(=O)O)ccc1Cl. The first kappa shape index (κ1) is 15.9. The van der Waals surface area contributed by atoms with Crippen LogP contribution in [-0.2, 0) is 10.0 Å². The van der Waals surface area contributed by atoms with Crippen molar-refractivity contribution in [3.63, 3.8) is 0 Å². The van der Waals surface area contributed by atoms with Gasteiger partial charge in [0.2, 0.25) is 10.0 Å². The number of aliphatic hydroxyl groups excluding tert-OH is 1. The molecule has 0 heterocycles. The predicted molar refractivity (Wildman–Crippen MR) is 69.9 cm³/mol. The molecule has 1 aromatic rings. The van der Waals surface area contributed by atoms with E-state index in [-0.39, 0.29) is 28.5 Å². The summed E-state index contributed by atoms with van der Waals surface area (Å²) in [6, 6.07) is 2.95. The molecular weight excluding hydrogens is 294 g/mol. The van der Waals surface area contributed by atoms with E-state index in [1.807, 2.05) is 0 Å². The molecule has 19 heavy (non-hydrogen) atoms. The standard InChI is InChI=1S/C11H14ClNO5S/c1-7(4-5-14)13-19(17,18)10-6-8(11(15)16)2-3-9(10)12/h2-3,6-7,13-14H,4-5H2,1H3,(H,15,16). The van der Waals surface area contributed by atoms with E-state index < -0.39 is 22.0 Å². The minimum absolute atomic E-state index is 0.0614. The van der Waals surface area contributed by atoms with Gasteiger partial charge < -0.3 is 10.2 Å². The van der Waals surface area contributed by atoms with Crippen molar-refractivity contribution in [2.75, 3.05) is 6.61 Å². The topological polar surface area (TPSA) is 104 Å². The molecular formula is C11H14ClNO5S. The van der Waals surface area contributed by atoms with Crippen LogP contribution in [0.25, 0.3) is 0 Å². The highest BCUT2D eigenvalue weighted by molar-refractivity contribution is 7.89. The molecule has 0 aliphatic rings. The van der Waals surface area contributed by atoms with E-state index in [9.17, 15) is 13.2 Å². The molecule has 0 aliphatic carbocycles. The second kappa shape index (κ2) is 6.33. The first-order valence-corrected chi connectivity index (χ1v) is 7.30. The van der Waals surface area contributed by atoms with Gasteiger partial charge in [-0.05, 0) is 31.5 Å². The number of carboxylic acid groups (broad SMARTS) is 1. The largest absolute Gasteiger partial charge is 0.478 e. The molecule has 0 amide bonds. The van der Waals surface area contributed by atoms with Crippen LogP contribution in [0.3, 0.4) is 0 Å². The third-order valence-electron chi connectivity index (χ3n) is 2.39. The quantitative estimate of drug-likeness (QED) is 0.730. The Morgan fingerprint density at radius 1 is 1.47 bits per heavy atom. The molecule has 3 N–H and O–H groups in total. The van der Waals surface area contributed by atoms with Crippen molar-refractivity contribution in [2.24, 2.45) is 0 Å². The number of hydrogen-bond acceptors (Lipinski definition) is 4. The van der Waals surface area contributed by atoms with Crippen LogP contribution in [0.5, 0.6) is 0 Å². The third kappa shape index (κ3) is 4.17. The summed E-state index contributed by atoms with van der Waals surface area (Å²) >= 11 is 5.78. The Balaban J connectivity index is 3.13. The summed E-state index contributed by atoms with van der Waals surface area (Å²) in [5.41, 5.74) is -0.167. The minimum atomic E-state index is -3.92. The van der Waals surface area contributed by atoms with E-state index in [0.29, 0.717) is 0 Å². The lowest BCUT2D eigenvalue weighted by Crippen LogP contribution is -2.33. The first-order chi connectivity index (χ1) is 8.77. The Labute approximate surface area is 116 Å². The lowest BCUT2D eigenvalue weighted by Gasteiger charge is -2.14. The van der Waals surface area contributed by atoms with Gasteiger partial charge in [0, 0.05) is 12.6 Å². The summed E-state index contributed by atoms with van der Waals surface area (Å²) in [4.78, 5) is 10.5. The van der Waals surface area contributed by atoms with Gasteiger partial charge in [0.25, 0.3) is 0 Å². The molecule has 1 rings (SSSR count). The number of sulfonamides is 1. The molecule has 0 saturated heterocycles. The number of aliphatic hydroxyl groups is 1. The van der Waals surface area contributed by atoms with Gasteiger partial charge in [-0.15, -0.1) is 0 Å². The molecule has 106 valence electrons. The van der Waals surface area contributed by atoms with Crippen molar-refractivity contribution in [3.05, 3.63) is 28.8 Å². The number of carboxylic acids is 1. The number of aromatic carboxylic acids is 1. The molecule has 0 fully saturated rings. The Morgan fingerprint density at radius 2 is 2.11 bits per heavy atom. The average molecular weight is 308 g/mol. The number of benzene rings is 1. The summed E-state index contributed by atoms with van der Waals surface area (Å²) in [6.45, 7) is 1.43. The molecule has 0 saturated carbocycles. The number of nitrogens with one attached hydrogen (secondary N) is 1. The van der Waals surface area contributed by atoms with Crippen molar-refractivity contribution in [2.45, 2.75) is 24.3 Å². The van der Waals surface area contributed by atoms with Gasteiger partial charge in [0.1, 0.15) is 4.90 Å². The van der Waals surface area contributed by atoms with Gasteiger partial charge in [0.15, 0.2) is 0 Å². The van der Waals surface area contributed by atoms with Crippen LogP contribution >= 0.6 is 11.6 Å². The second-order valence-electron chi connectivity index (χ2n) is 3.98. The monoisotopic (exact) mass is 307 g/mol. The Hall–Kier alpha value is -1.15. The van der Waals surface area contributed by atoms with E-state index in [4.69, 9.17) is 21.8 Å². The predicted octanol–water partition coefficient (Wildman–Crippen LogP) is 1.09. The van der Waals surface area contributed by atoms with Crippen molar-refractivity contribution < 1.29 is 23.4 Å². The molecule has 0 bridgehead atoms. The van der Waals surface area contributed by atoms with Crippen molar-refractivity contribution in [3.8, 4) is 0 Å². The Morgan fingerprint density at radius 3 is 2.63 bits per heavy atom. The zero-order valence-corrected chi connectivity index (χ0v) is 11.7. The van der Waals surface area contributed by atoms with Gasteiger partial charge in [-0.2, -0.15) is 0 Å². The third-order valence-corrected chi connectivity index (χ3v) is 4.46. The van der Waals surface area contributed by atoms with Crippen LogP contribution in [0.1, 0.15) is 23.7 Å². The van der Waals surface area contributed by atoms with Crippen LogP contribution in [0.15, 0.2) is 23.1 Å². The summed E-state index contributed by atoms with van der Waals surface area (Å²) in [5, 5.41) is 17.5. The van der Waals surface area contributed by atoms with Gasteiger partial charge in [0.05, 0.1) is 10.6 Å². The normalized spacial score (nSPS) is 13.2. The van der Waals surface area contributed by atoms with E-state index in [1.54, 1.807) is 6.92 Å². The second-order valence-corrected chi connectivity index (χ2v) is 6.07. The molecule has 1 unspecified atom stereocenters. The number of rotatable bonds is 6. The van der Waals surface area contributed by atoms with E-state index in [2.05, 4.69) is 4.72 Å². The van der Waals surface area contributed by atoms with Crippen LogP contribution in [0.4, 0.5) is 0 Å². The highest BCUT2D eigenvalue weighted by atomic mass is 35.5. The van der Waals surface area contributed by atoms with E-state index in [1.165, 1.54) is 12.1 Å². The Kier molecular flexibility index (Phi) is 5.30. The molecule has 1 atom stereocenters. The maximum Gasteiger partial charge on any atom is 0.335 e. The smallest absolute Gasteiger partial charge is 0.335 e. The molecule has 8 heteroatoms. The van der Waals surface area contributed by atoms with Crippen molar-refractivity contribution in [1.82, 2.24) is 4.72 Å². The van der Waals surface area contributed by atoms with Crippen LogP contribution in [0, 0.1) is 0 Å². The summed E-state index contributed by atoms with van der Waals surface area (Å²) in [7, 11) is -3.92. The van der Waals surface area contributed by atoms with Crippen molar-refractivity contribution >= 4 is 27.6 Å². The fourth-order valence-corrected chi connectivity index (χ4v) is 3.23. The van der Waals surface area contributed by atoms with Gasteiger partial charge in [-0.1, -0.05) is 11.6 Å². The number of carbonyl (C=O) groups is 1. The molecule has 1 aromatic carbocycles. The maximum absolute atomic E-state index is 12.0. The molecule has 0 aliphatic heterocycles. The van der Waals surface area contributed by atoms with Gasteiger partial charge in [-0.3, -0.25) is 0 Å². The summed E-state index contributed by atoms with van der Waals surface area (Å²) in [6.07, 6.45) is 0.246. The molecule has 0 radical (unpaired) electrons. The molecule has 0 spiro atoms. The summed E-state index contributed by atoms with van der Waals surface area (Å²) in [5.74, 6) is -1.24. The highest BCUT2D eigenvalue weighted by Gasteiger charge is 2.21. The lowest BCUT2D eigenvalue weighted by atomic mass is 10.2. The lowest BCUT2D eigenvalue weighted by molar-refractivity contribution is 0.0696. The molecule has 0 aromatic heterocycles. The minimum Gasteiger partial charge on any atom is -0.478 e. The average Bonchev–Trinajstić information content (AvgIpc) is 2.28. The zero-order valence-electron chi connectivity index (χ0n) is 10.1.